The van der Waals surface area contributed by atoms with Gasteiger partial charge < -0.3 is 4.90 Å². The summed E-state index contributed by atoms with van der Waals surface area (Å²) in [5.74, 6) is -0.0280. The van der Waals surface area contributed by atoms with E-state index >= 15 is 0 Å². The first kappa shape index (κ1) is 18.4. The van der Waals surface area contributed by atoms with Crippen molar-refractivity contribution in [3.63, 3.8) is 0 Å². The Labute approximate surface area is 143 Å². The van der Waals surface area contributed by atoms with E-state index in [-0.39, 0.29) is 18.0 Å². The Kier molecular flexibility index (Phi) is 5.94. The fourth-order valence-electron chi connectivity index (χ4n) is 2.83. The Balaban J connectivity index is 1.86. The lowest BCUT2D eigenvalue weighted by atomic mass is 9.92. The molecule has 1 aromatic carbocycles. The predicted octanol–water partition coefficient (Wildman–Crippen LogP) is 2.72. The zero-order valence-corrected chi connectivity index (χ0v) is 14.8. The van der Waals surface area contributed by atoms with Crippen molar-refractivity contribution in [1.29, 1.82) is 0 Å². The van der Waals surface area contributed by atoms with Crippen LogP contribution in [0.3, 0.4) is 0 Å². The van der Waals surface area contributed by atoms with Crippen LogP contribution in [0.4, 0.5) is 5.69 Å². The summed E-state index contributed by atoms with van der Waals surface area (Å²) in [4.78, 5) is 27.3. The van der Waals surface area contributed by atoms with E-state index in [4.69, 9.17) is 0 Å². The van der Waals surface area contributed by atoms with E-state index in [2.05, 4.69) is 25.7 Å². The molecule has 1 amide bonds. The molecule has 24 heavy (non-hydrogen) atoms. The van der Waals surface area contributed by atoms with Crippen molar-refractivity contribution in [1.82, 2.24) is 9.80 Å². The second-order valence-corrected chi connectivity index (χ2v) is 7.60. The number of carbonyl (C=O) groups excluding carboxylic acids is 1. The van der Waals surface area contributed by atoms with Gasteiger partial charge in [0.2, 0.25) is 5.91 Å². The van der Waals surface area contributed by atoms with Gasteiger partial charge in [-0.05, 0) is 18.4 Å². The Morgan fingerprint density at radius 3 is 2.38 bits per heavy atom. The Hall–Kier alpha value is -1.95. The molecule has 1 heterocycles. The van der Waals surface area contributed by atoms with Crippen molar-refractivity contribution in [2.75, 3.05) is 32.7 Å². The number of piperazine rings is 1. The zero-order chi connectivity index (χ0) is 17.7. The molecule has 0 radical (unpaired) electrons. The maximum atomic E-state index is 12.5. The first-order chi connectivity index (χ1) is 11.3. The summed E-state index contributed by atoms with van der Waals surface area (Å²) in [5, 5.41) is 11.0. The molecule has 1 aliphatic rings. The van der Waals surface area contributed by atoms with Crippen molar-refractivity contribution in [2.24, 2.45) is 5.41 Å². The second-order valence-electron chi connectivity index (χ2n) is 7.60. The fraction of sp³-hybridized carbons (Fsp3) is 0.611. The molecule has 6 nitrogen and oxygen atoms in total. The maximum Gasteiger partial charge on any atom is 0.273 e. The van der Waals surface area contributed by atoms with Crippen molar-refractivity contribution in [3.8, 4) is 0 Å². The molecule has 0 aromatic heterocycles. The summed E-state index contributed by atoms with van der Waals surface area (Å²) < 4.78 is 0. The van der Waals surface area contributed by atoms with E-state index in [9.17, 15) is 14.9 Å². The van der Waals surface area contributed by atoms with Crippen LogP contribution in [-0.2, 0) is 11.2 Å². The third-order valence-corrected chi connectivity index (χ3v) is 4.43. The average Bonchev–Trinajstić information content (AvgIpc) is 2.53. The molecule has 1 aliphatic heterocycles. The van der Waals surface area contributed by atoms with Gasteiger partial charge in [-0.25, -0.2) is 0 Å². The quantitative estimate of drug-likeness (QED) is 0.614. The van der Waals surface area contributed by atoms with E-state index in [1.807, 2.05) is 4.90 Å². The zero-order valence-electron chi connectivity index (χ0n) is 14.8. The number of rotatable bonds is 5. The minimum absolute atomic E-state index is 0.0228. The van der Waals surface area contributed by atoms with E-state index in [1.165, 1.54) is 6.07 Å². The number of nitro groups is 1. The molecular formula is C18H27N3O3. The molecule has 0 aliphatic carbocycles. The van der Waals surface area contributed by atoms with Gasteiger partial charge in [0.25, 0.3) is 5.69 Å². The minimum atomic E-state index is -0.424. The number of hydrogen-bond donors (Lipinski definition) is 0. The maximum absolute atomic E-state index is 12.5. The average molecular weight is 333 g/mol. The molecule has 0 bridgehead atoms. The third kappa shape index (κ3) is 5.30. The molecule has 0 spiro atoms. The molecule has 0 N–H and O–H groups in total. The summed E-state index contributed by atoms with van der Waals surface area (Å²) >= 11 is 0. The molecule has 132 valence electrons. The number of hydrogen-bond acceptors (Lipinski definition) is 4. The van der Waals surface area contributed by atoms with Gasteiger partial charge in [-0.1, -0.05) is 39.0 Å². The van der Waals surface area contributed by atoms with Crippen LogP contribution in [0.15, 0.2) is 24.3 Å². The lowest BCUT2D eigenvalue weighted by Gasteiger charge is -2.36. The highest BCUT2D eigenvalue weighted by Crippen LogP contribution is 2.21. The highest BCUT2D eigenvalue weighted by atomic mass is 16.6. The van der Waals surface area contributed by atoms with Crippen LogP contribution >= 0.6 is 0 Å². The van der Waals surface area contributed by atoms with Crippen LogP contribution in [0.5, 0.6) is 0 Å². The smallest absolute Gasteiger partial charge is 0.273 e. The Bertz CT molecular complexity index is 587. The molecule has 1 aromatic rings. The van der Waals surface area contributed by atoms with Crippen LogP contribution < -0.4 is 0 Å². The van der Waals surface area contributed by atoms with Gasteiger partial charge in [-0.3, -0.25) is 19.8 Å². The van der Waals surface area contributed by atoms with Crippen molar-refractivity contribution in [2.45, 2.75) is 33.6 Å². The number of benzene rings is 1. The lowest BCUT2D eigenvalue weighted by Crippen LogP contribution is -2.49. The highest BCUT2D eigenvalue weighted by Gasteiger charge is 2.24. The van der Waals surface area contributed by atoms with Gasteiger partial charge >= 0.3 is 0 Å². The van der Waals surface area contributed by atoms with Crippen LogP contribution in [0.25, 0.3) is 0 Å². The highest BCUT2D eigenvalue weighted by molar-refractivity contribution is 5.80. The molecule has 1 fully saturated rings. The number of para-hydroxylation sites is 1. The Morgan fingerprint density at radius 1 is 1.17 bits per heavy atom. The van der Waals surface area contributed by atoms with Gasteiger partial charge in [0.05, 0.1) is 11.3 Å². The summed E-state index contributed by atoms with van der Waals surface area (Å²) in [6, 6.07) is 6.48. The standard InChI is InChI=1S/C18H27N3O3/c1-18(2,3)8-9-19-10-12-20(13-11-19)17(22)14-15-6-4-5-7-16(15)21(23)24/h4-7H,8-14H2,1-3H3. The third-order valence-electron chi connectivity index (χ3n) is 4.43. The molecule has 0 saturated carbocycles. The molecule has 6 heteroatoms. The predicted molar refractivity (Wildman–Crippen MR) is 93.9 cm³/mol. The molecule has 2 rings (SSSR count). The van der Waals surface area contributed by atoms with E-state index in [0.717, 1.165) is 26.1 Å². The second kappa shape index (κ2) is 7.75. The Morgan fingerprint density at radius 2 is 1.79 bits per heavy atom. The minimum Gasteiger partial charge on any atom is -0.340 e. The first-order valence-corrected chi connectivity index (χ1v) is 8.49. The topological polar surface area (TPSA) is 66.7 Å². The molecule has 0 atom stereocenters. The van der Waals surface area contributed by atoms with Gasteiger partial charge in [-0.15, -0.1) is 0 Å². The summed E-state index contributed by atoms with van der Waals surface area (Å²) in [7, 11) is 0. The van der Waals surface area contributed by atoms with Crippen molar-refractivity contribution in [3.05, 3.63) is 39.9 Å². The number of amides is 1. The van der Waals surface area contributed by atoms with E-state index in [1.54, 1.807) is 18.2 Å². The van der Waals surface area contributed by atoms with Crippen LogP contribution in [-0.4, -0.2) is 53.4 Å². The number of nitro benzene ring substituents is 1. The summed E-state index contributed by atoms with van der Waals surface area (Å²) in [6.45, 7) is 10.9. The SMILES string of the molecule is CC(C)(C)CCN1CCN(C(=O)Cc2ccccc2[N+](=O)[O-])CC1. The van der Waals surface area contributed by atoms with E-state index < -0.39 is 4.92 Å². The van der Waals surface area contributed by atoms with Crippen molar-refractivity contribution < 1.29 is 9.72 Å². The largest absolute Gasteiger partial charge is 0.340 e. The number of nitrogens with zero attached hydrogens (tertiary/aromatic N) is 3. The van der Waals surface area contributed by atoms with Crippen LogP contribution in [0.2, 0.25) is 0 Å². The van der Waals surface area contributed by atoms with Crippen molar-refractivity contribution >= 4 is 11.6 Å². The summed E-state index contributed by atoms with van der Waals surface area (Å²) in [6.07, 6.45) is 1.23. The molecule has 1 saturated heterocycles. The molecule has 0 unspecified atom stereocenters. The monoisotopic (exact) mass is 333 g/mol. The first-order valence-electron chi connectivity index (χ1n) is 8.49. The van der Waals surface area contributed by atoms with Gasteiger partial charge in [0.15, 0.2) is 0 Å². The van der Waals surface area contributed by atoms with Crippen LogP contribution in [0.1, 0.15) is 32.8 Å². The molecular weight excluding hydrogens is 306 g/mol. The van der Waals surface area contributed by atoms with Gasteiger partial charge in [0, 0.05) is 37.8 Å². The van der Waals surface area contributed by atoms with Gasteiger partial charge in [0.1, 0.15) is 0 Å². The normalized spacial score (nSPS) is 16.2. The number of carbonyl (C=O) groups is 1. The van der Waals surface area contributed by atoms with E-state index in [0.29, 0.717) is 24.1 Å². The summed E-state index contributed by atoms with van der Waals surface area (Å²) in [5.41, 5.74) is 0.830. The lowest BCUT2D eigenvalue weighted by molar-refractivity contribution is -0.385. The van der Waals surface area contributed by atoms with Crippen LogP contribution in [0, 0.1) is 15.5 Å². The fourth-order valence-corrected chi connectivity index (χ4v) is 2.83. The van der Waals surface area contributed by atoms with Gasteiger partial charge in [-0.2, -0.15) is 0 Å².